The predicted octanol–water partition coefficient (Wildman–Crippen LogP) is 4.87. The number of benzene rings is 1. The van der Waals surface area contributed by atoms with Gasteiger partial charge in [-0.3, -0.25) is 4.99 Å². The number of para-hydroxylation sites is 1. The number of nitrogens with zero attached hydrogens (tertiary/aromatic N) is 2. The van der Waals surface area contributed by atoms with Crippen LogP contribution < -0.4 is 0 Å². The van der Waals surface area contributed by atoms with Crippen LogP contribution in [0.2, 0.25) is 0 Å². The summed E-state index contributed by atoms with van der Waals surface area (Å²) in [5.74, 6) is 3.03. The van der Waals surface area contributed by atoms with Gasteiger partial charge in [-0.25, -0.2) is 4.98 Å². The van der Waals surface area contributed by atoms with E-state index in [9.17, 15) is 0 Å². The zero-order valence-corrected chi connectivity index (χ0v) is 13.6. The molecule has 1 aromatic carbocycles. The predicted molar refractivity (Wildman–Crippen MR) is 94.8 cm³/mol. The van der Waals surface area contributed by atoms with Crippen LogP contribution in [0.4, 0.5) is 0 Å². The summed E-state index contributed by atoms with van der Waals surface area (Å²) in [7, 11) is 0. The van der Waals surface area contributed by atoms with Crippen LogP contribution in [0.15, 0.2) is 41.4 Å². The van der Waals surface area contributed by atoms with Crippen LogP contribution in [-0.2, 0) is 0 Å². The molecule has 2 heteroatoms. The molecular formula is C21H24N2. The quantitative estimate of drug-likeness (QED) is 0.743. The summed E-state index contributed by atoms with van der Waals surface area (Å²) in [5.41, 5.74) is 2.59. The lowest BCUT2D eigenvalue weighted by Crippen LogP contribution is -2.47. The van der Waals surface area contributed by atoms with Gasteiger partial charge in [0.1, 0.15) is 0 Å². The van der Waals surface area contributed by atoms with E-state index in [4.69, 9.17) is 9.98 Å². The smallest absolute Gasteiger partial charge is 0.0815 e. The summed E-state index contributed by atoms with van der Waals surface area (Å²) in [6.07, 6.45) is 10.8. The van der Waals surface area contributed by atoms with Gasteiger partial charge in [-0.2, -0.15) is 0 Å². The highest BCUT2D eigenvalue weighted by Crippen LogP contribution is 2.60. The number of aliphatic imine (C=N–C) groups is 1. The summed E-state index contributed by atoms with van der Waals surface area (Å²) in [6, 6.07) is 12.5. The molecule has 1 aromatic heterocycles. The number of rotatable bonds is 3. The summed E-state index contributed by atoms with van der Waals surface area (Å²) in [5, 5.41) is 1.20. The molecule has 0 radical (unpaired) electrons. The van der Waals surface area contributed by atoms with Gasteiger partial charge in [0.05, 0.1) is 11.2 Å². The number of hydrogen-bond donors (Lipinski definition) is 0. The first-order valence-electron chi connectivity index (χ1n) is 9.14. The van der Waals surface area contributed by atoms with E-state index in [1.54, 1.807) is 0 Å². The normalized spacial score (nSPS) is 35.4. The first-order valence-corrected chi connectivity index (χ1v) is 9.14. The highest BCUT2D eigenvalue weighted by molar-refractivity contribution is 5.85. The maximum Gasteiger partial charge on any atom is 0.0815 e. The number of hydrogen-bond acceptors (Lipinski definition) is 2. The summed E-state index contributed by atoms with van der Waals surface area (Å²) in [6.45, 7) is 1.02. The van der Waals surface area contributed by atoms with Crippen molar-refractivity contribution in [3.05, 3.63) is 42.1 Å². The Kier molecular flexibility index (Phi) is 3.07. The molecule has 118 valence electrons. The molecule has 0 spiro atoms. The molecule has 23 heavy (non-hydrogen) atoms. The van der Waals surface area contributed by atoms with E-state index < -0.39 is 0 Å². The standard InChI is InChI=1S/C21H24N2/c1-2-4-20-18(3-1)5-6-19(23-20)13-22-14-21-10-15-7-16(11-21)9-17(8-15)12-21/h1-6,13,15-17H,7-12,14H2. The van der Waals surface area contributed by atoms with Crippen LogP contribution in [0.3, 0.4) is 0 Å². The maximum absolute atomic E-state index is 4.85. The number of fused-ring (bicyclic) bond motifs is 1. The molecule has 2 nitrogen and oxygen atoms in total. The number of aromatic nitrogens is 1. The van der Waals surface area contributed by atoms with E-state index >= 15 is 0 Å². The fraction of sp³-hybridized carbons (Fsp3) is 0.524. The third-order valence-corrected chi connectivity index (χ3v) is 6.44. The molecule has 2 aromatic rings. The number of pyridine rings is 1. The second kappa shape index (κ2) is 5.15. The fourth-order valence-electron chi connectivity index (χ4n) is 5.97. The van der Waals surface area contributed by atoms with Gasteiger partial charge in [-0.15, -0.1) is 0 Å². The molecule has 0 N–H and O–H groups in total. The van der Waals surface area contributed by atoms with Crippen molar-refractivity contribution in [3.63, 3.8) is 0 Å². The lowest BCUT2D eigenvalue weighted by atomic mass is 9.49. The SMILES string of the molecule is C(=NCC12CC3CC(CC(C3)C1)C2)c1ccc2ccccc2n1. The molecule has 4 aliphatic carbocycles. The molecule has 0 aliphatic heterocycles. The minimum Gasteiger partial charge on any atom is -0.290 e. The lowest BCUT2D eigenvalue weighted by molar-refractivity contribution is -0.0464. The fourth-order valence-corrected chi connectivity index (χ4v) is 5.97. The van der Waals surface area contributed by atoms with Crippen molar-refractivity contribution < 1.29 is 0 Å². The van der Waals surface area contributed by atoms with Crippen LogP contribution in [0, 0.1) is 23.2 Å². The van der Waals surface area contributed by atoms with E-state index in [0.29, 0.717) is 5.41 Å². The Morgan fingerprint density at radius 2 is 1.65 bits per heavy atom. The van der Waals surface area contributed by atoms with E-state index in [-0.39, 0.29) is 0 Å². The van der Waals surface area contributed by atoms with Gasteiger partial charge in [0, 0.05) is 18.1 Å². The molecule has 0 atom stereocenters. The zero-order valence-electron chi connectivity index (χ0n) is 13.6. The van der Waals surface area contributed by atoms with E-state index in [2.05, 4.69) is 30.3 Å². The van der Waals surface area contributed by atoms with Crippen LogP contribution in [0.1, 0.15) is 44.2 Å². The largest absolute Gasteiger partial charge is 0.290 e. The first-order chi connectivity index (χ1) is 11.3. The van der Waals surface area contributed by atoms with Gasteiger partial charge in [0.15, 0.2) is 0 Å². The average Bonchev–Trinajstić information content (AvgIpc) is 2.53. The highest BCUT2D eigenvalue weighted by atomic mass is 14.8. The minimum atomic E-state index is 0.530. The average molecular weight is 304 g/mol. The third-order valence-electron chi connectivity index (χ3n) is 6.44. The van der Waals surface area contributed by atoms with Crippen molar-refractivity contribution in [2.45, 2.75) is 38.5 Å². The molecule has 4 saturated carbocycles. The topological polar surface area (TPSA) is 25.2 Å². The van der Waals surface area contributed by atoms with Crippen LogP contribution in [0.5, 0.6) is 0 Å². The summed E-state index contributed by atoms with van der Waals surface area (Å²) in [4.78, 5) is 9.56. The van der Waals surface area contributed by atoms with Gasteiger partial charge >= 0.3 is 0 Å². The van der Waals surface area contributed by atoms with Gasteiger partial charge in [-0.1, -0.05) is 24.3 Å². The van der Waals surface area contributed by atoms with Gasteiger partial charge in [0.25, 0.3) is 0 Å². The van der Waals surface area contributed by atoms with Gasteiger partial charge < -0.3 is 0 Å². The van der Waals surface area contributed by atoms with Crippen molar-refractivity contribution in [3.8, 4) is 0 Å². The molecule has 4 fully saturated rings. The Balaban J connectivity index is 1.34. The van der Waals surface area contributed by atoms with Crippen molar-refractivity contribution in [2.75, 3.05) is 6.54 Å². The van der Waals surface area contributed by atoms with Gasteiger partial charge in [0.2, 0.25) is 0 Å². The molecule has 4 bridgehead atoms. The molecule has 6 rings (SSSR count). The molecule has 0 amide bonds. The molecular weight excluding hydrogens is 280 g/mol. The van der Waals surface area contributed by atoms with Crippen molar-refractivity contribution in [1.82, 2.24) is 4.98 Å². The molecule has 0 saturated heterocycles. The first kappa shape index (κ1) is 13.7. The summed E-state index contributed by atoms with van der Waals surface area (Å²) >= 11 is 0. The minimum absolute atomic E-state index is 0.530. The van der Waals surface area contributed by atoms with E-state index in [0.717, 1.165) is 35.5 Å². The maximum atomic E-state index is 4.85. The van der Waals surface area contributed by atoms with E-state index in [1.165, 1.54) is 43.9 Å². The highest BCUT2D eigenvalue weighted by Gasteiger charge is 2.50. The lowest BCUT2D eigenvalue weighted by Gasteiger charge is -2.56. The Morgan fingerprint density at radius 1 is 0.957 bits per heavy atom. The summed E-state index contributed by atoms with van der Waals surface area (Å²) < 4.78 is 0. The van der Waals surface area contributed by atoms with Crippen molar-refractivity contribution in [2.24, 2.45) is 28.2 Å². The Morgan fingerprint density at radius 3 is 2.39 bits per heavy atom. The molecule has 0 unspecified atom stereocenters. The van der Waals surface area contributed by atoms with E-state index in [1.807, 2.05) is 12.3 Å². The second-order valence-corrected chi connectivity index (χ2v) is 8.32. The Labute approximate surface area is 138 Å². The third kappa shape index (κ3) is 2.49. The van der Waals surface area contributed by atoms with Gasteiger partial charge in [-0.05, 0) is 73.8 Å². The monoisotopic (exact) mass is 304 g/mol. The Hall–Kier alpha value is -1.70. The molecule has 1 heterocycles. The zero-order chi connectivity index (χ0) is 15.3. The van der Waals surface area contributed by atoms with Crippen LogP contribution in [-0.4, -0.2) is 17.7 Å². The van der Waals surface area contributed by atoms with Crippen molar-refractivity contribution >= 4 is 17.1 Å². The second-order valence-electron chi connectivity index (χ2n) is 8.32. The molecule has 4 aliphatic rings. The Bertz CT molecular complexity index is 726. The van der Waals surface area contributed by atoms with Crippen molar-refractivity contribution in [1.29, 1.82) is 0 Å². The van der Waals surface area contributed by atoms with Crippen LogP contribution >= 0.6 is 0 Å². The van der Waals surface area contributed by atoms with Crippen LogP contribution in [0.25, 0.3) is 10.9 Å².